The van der Waals surface area contributed by atoms with Gasteiger partial charge in [-0.2, -0.15) is 0 Å². The molecule has 136 valence electrons. The van der Waals surface area contributed by atoms with Gasteiger partial charge in [0.1, 0.15) is 5.75 Å². The van der Waals surface area contributed by atoms with Gasteiger partial charge in [-0.3, -0.25) is 9.59 Å². The van der Waals surface area contributed by atoms with E-state index in [1.165, 1.54) is 0 Å². The molecule has 1 aliphatic heterocycles. The van der Waals surface area contributed by atoms with E-state index in [0.29, 0.717) is 24.4 Å². The summed E-state index contributed by atoms with van der Waals surface area (Å²) in [5.41, 5.74) is 2.36. The predicted molar refractivity (Wildman–Crippen MR) is 101 cm³/mol. The predicted octanol–water partition coefficient (Wildman–Crippen LogP) is 3.49. The van der Waals surface area contributed by atoms with Crippen molar-refractivity contribution < 1.29 is 14.3 Å². The van der Waals surface area contributed by atoms with Gasteiger partial charge in [0.2, 0.25) is 5.91 Å². The minimum atomic E-state index is -0.194. The molecule has 1 saturated heterocycles. The number of likely N-dealkylation sites (tertiary alicyclic amines) is 1. The number of amides is 2. The second-order valence-corrected chi connectivity index (χ2v) is 6.63. The van der Waals surface area contributed by atoms with E-state index in [4.69, 9.17) is 4.74 Å². The largest absolute Gasteiger partial charge is 0.496 e. The lowest BCUT2D eigenvalue weighted by atomic mass is 9.96. The number of rotatable bonds is 4. The van der Waals surface area contributed by atoms with Gasteiger partial charge in [-0.1, -0.05) is 24.3 Å². The van der Waals surface area contributed by atoms with Crippen molar-refractivity contribution in [3.05, 3.63) is 59.7 Å². The van der Waals surface area contributed by atoms with Crippen LogP contribution in [0.2, 0.25) is 0 Å². The molecule has 2 aromatic carbocycles. The molecule has 0 bridgehead atoms. The topological polar surface area (TPSA) is 58.6 Å². The molecule has 1 aliphatic rings. The normalized spacial score (nSPS) is 16.8. The zero-order valence-electron chi connectivity index (χ0n) is 15.2. The Labute approximate surface area is 154 Å². The maximum absolute atomic E-state index is 12.8. The SMILES string of the molecule is COc1cc(C(=O)N2CCCC(C(=O)Nc3ccccc3)C2)ccc1C. The van der Waals surface area contributed by atoms with Crippen molar-refractivity contribution in [1.82, 2.24) is 4.90 Å². The average Bonchev–Trinajstić information content (AvgIpc) is 2.68. The monoisotopic (exact) mass is 352 g/mol. The second-order valence-electron chi connectivity index (χ2n) is 6.63. The number of aryl methyl sites for hydroxylation is 1. The zero-order valence-corrected chi connectivity index (χ0v) is 15.2. The molecule has 1 N–H and O–H groups in total. The standard InChI is InChI=1S/C21H24N2O3/c1-15-10-11-16(13-19(15)26-2)21(25)23-12-6-7-17(14-23)20(24)22-18-8-4-3-5-9-18/h3-5,8-11,13,17H,6-7,12,14H2,1-2H3,(H,22,24). The molecule has 0 aromatic heterocycles. The number of nitrogens with zero attached hydrogens (tertiary/aromatic N) is 1. The maximum atomic E-state index is 12.8. The van der Waals surface area contributed by atoms with Crippen LogP contribution in [0.1, 0.15) is 28.8 Å². The van der Waals surface area contributed by atoms with Crippen LogP contribution in [0.5, 0.6) is 5.75 Å². The van der Waals surface area contributed by atoms with Crippen LogP contribution in [0.15, 0.2) is 48.5 Å². The van der Waals surface area contributed by atoms with Gasteiger partial charge in [-0.05, 0) is 49.6 Å². The first-order valence-corrected chi connectivity index (χ1v) is 8.88. The van der Waals surface area contributed by atoms with Crippen LogP contribution in [0.4, 0.5) is 5.69 Å². The number of nitrogens with one attached hydrogen (secondary N) is 1. The first-order valence-electron chi connectivity index (χ1n) is 8.88. The van der Waals surface area contributed by atoms with Crippen molar-refractivity contribution in [2.75, 3.05) is 25.5 Å². The summed E-state index contributed by atoms with van der Waals surface area (Å²) in [5, 5.41) is 2.94. The number of anilines is 1. The highest BCUT2D eigenvalue weighted by atomic mass is 16.5. The van der Waals surface area contributed by atoms with Gasteiger partial charge in [0.15, 0.2) is 0 Å². The van der Waals surface area contributed by atoms with Crippen LogP contribution < -0.4 is 10.1 Å². The average molecular weight is 352 g/mol. The summed E-state index contributed by atoms with van der Waals surface area (Å²) in [6, 6.07) is 14.9. The zero-order chi connectivity index (χ0) is 18.5. The molecule has 2 aromatic rings. The summed E-state index contributed by atoms with van der Waals surface area (Å²) in [6.45, 7) is 3.05. The number of hydrogen-bond acceptors (Lipinski definition) is 3. The summed E-state index contributed by atoms with van der Waals surface area (Å²) in [5.74, 6) is 0.419. The minimum absolute atomic E-state index is 0.0322. The third-order valence-corrected chi connectivity index (χ3v) is 4.78. The molecule has 1 unspecified atom stereocenters. The highest BCUT2D eigenvalue weighted by molar-refractivity contribution is 5.96. The number of carbonyl (C=O) groups excluding carboxylic acids is 2. The van der Waals surface area contributed by atoms with Crippen molar-refractivity contribution in [2.24, 2.45) is 5.92 Å². The first-order chi connectivity index (χ1) is 12.6. The van der Waals surface area contributed by atoms with E-state index < -0.39 is 0 Å². The fourth-order valence-electron chi connectivity index (χ4n) is 3.28. The Hall–Kier alpha value is -2.82. The Bertz CT molecular complexity index is 789. The van der Waals surface area contributed by atoms with E-state index in [2.05, 4.69) is 5.32 Å². The Morgan fingerprint density at radius 3 is 2.65 bits per heavy atom. The van der Waals surface area contributed by atoms with Gasteiger partial charge >= 0.3 is 0 Å². The number of para-hydroxylation sites is 1. The lowest BCUT2D eigenvalue weighted by molar-refractivity contribution is -0.121. The van der Waals surface area contributed by atoms with E-state index in [9.17, 15) is 9.59 Å². The van der Waals surface area contributed by atoms with Crippen LogP contribution in [0.3, 0.4) is 0 Å². The number of piperidine rings is 1. The van der Waals surface area contributed by atoms with E-state index in [-0.39, 0.29) is 17.7 Å². The van der Waals surface area contributed by atoms with Crippen molar-refractivity contribution in [3.63, 3.8) is 0 Å². The molecular formula is C21H24N2O3. The summed E-state index contributed by atoms with van der Waals surface area (Å²) in [7, 11) is 1.60. The third-order valence-electron chi connectivity index (χ3n) is 4.78. The molecule has 0 spiro atoms. The molecule has 3 rings (SSSR count). The Balaban J connectivity index is 1.68. The molecule has 0 radical (unpaired) electrons. The highest BCUT2D eigenvalue weighted by Gasteiger charge is 2.29. The molecule has 26 heavy (non-hydrogen) atoms. The van der Waals surface area contributed by atoms with E-state index in [0.717, 1.165) is 24.1 Å². The fourth-order valence-corrected chi connectivity index (χ4v) is 3.28. The third kappa shape index (κ3) is 4.04. The summed E-state index contributed by atoms with van der Waals surface area (Å²) in [4.78, 5) is 27.2. The van der Waals surface area contributed by atoms with Gasteiger partial charge in [0, 0.05) is 24.3 Å². The van der Waals surface area contributed by atoms with Crippen molar-refractivity contribution >= 4 is 17.5 Å². The lowest BCUT2D eigenvalue weighted by Crippen LogP contribution is -2.43. The van der Waals surface area contributed by atoms with Gasteiger partial charge in [-0.15, -0.1) is 0 Å². The minimum Gasteiger partial charge on any atom is -0.496 e. The Morgan fingerprint density at radius 1 is 1.15 bits per heavy atom. The van der Waals surface area contributed by atoms with Gasteiger partial charge in [0.25, 0.3) is 5.91 Å². The lowest BCUT2D eigenvalue weighted by Gasteiger charge is -2.32. The summed E-state index contributed by atoms with van der Waals surface area (Å²) >= 11 is 0. The van der Waals surface area contributed by atoms with Crippen LogP contribution in [-0.2, 0) is 4.79 Å². The van der Waals surface area contributed by atoms with Gasteiger partial charge < -0.3 is 15.0 Å². The summed E-state index contributed by atoms with van der Waals surface area (Å²) in [6.07, 6.45) is 1.61. The van der Waals surface area contributed by atoms with Crippen molar-refractivity contribution in [2.45, 2.75) is 19.8 Å². The van der Waals surface area contributed by atoms with Crippen molar-refractivity contribution in [3.8, 4) is 5.75 Å². The smallest absolute Gasteiger partial charge is 0.254 e. The molecule has 0 saturated carbocycles. The summed E-state index contributed by atoms with van der Waals surface area (Å²) < 4.78 is 5.31. The van der Waals surface area contributed by atoms with E-state index >= 15 is 0 Å². The number of methoxy groups -OCH3 is 1. The van der Waals surface area contributed by atoms with Crippen LogP contribution in [0, 0.1) is 12.8 Å². The molecule has 0 aliphatic carbocycles. The molecule has 1 atom stereocenters. The first kappa shape index (κ1) is 18.0. The molecular weight excluding hydrogens is 328 g/mol. The van der Waals surface area contributed by atoms with Gasteiger partial charge in [0.05, 0.1) is 13.0 Å². The van der Waals surface area contributed by atoms with E-state index in [1.807, 2.05) is 49.4 Å². The highest BCUT2D eigenvalue weighted by Crippen LogP contribution is 2.23. The van der Waals surface area contributed by atoms with Crippen LogP contribution >= 0.6 is 0 Å². The number of benzene rings is 2. The van der Waals surface area contributed by atoms with Gasteiger partial charge in [-0.25, -0.2) is 0 Å². The van der Waals surface area contributed by atoms with E-state index in [1.54, 1.807) is 18.1 Å². The van der Waals surface area contributed by atoms with Crippen LogP contribution in [-0.4, -0.2) is 36.9 Å². The van der Waals surface area contributed by atoms with Crippen molar-refractivity contribution in [1.29, 1.82) is 0 Å². The fraction of sp³-hybridized carbons (Fsp3) is 0.333. The molecule has 2 amide bonds. The molecule has 5 heteroatoms. The quantitative estimate of drug-likeness (QED) is 0.916. The molecule has 1 heterocycles. The number of carbonyl (C=O) groups is 2. The molecule has 1 fully saturated rings. The Morgan fingerprint density at radius 2 is 1.92 bits per heavy atom. The molecule has 5 nitrogen and oxygen atoms in total. The second kappa shape index (κ2) is 8.04. The maximum Gasteiger partial charge on any atom is 0.254 e. The Kier molecular flexibility index (Phi) is 5.56. The number of ether oxygens (including phenoxy) is 1. The van der Waals surface area contributed by atoms with Crippen LogP contribution in [0.25, 0.3) is 0 Å². The number of hydrogen-bond donors (Lipinski definition) is 1.